The number of hydrogen-bond donors (Lipinski definition) is 2. The van der Waals surface area contributed by atoms with Crippen LogP contribution in [0.3, 0.4) is 0 Å². The number of benzene rings is 2. The van der Waals surface area contributed by atoms with Crippen LogP contribution in [0.2, 0.25) is 5.02 Å². The van der Waals surface area contributed by atoms with E-state index in [0.717, 1.165) is 12.1 Å². The molecule has 3 rings (SSSR count). The first kappa shape index (κ1) is 22.1. The van der Waals surface area contributed by atoms with Gasteiger partial charge in [0.2, 0.25) is 0 Å². The fraction of sp³-hybridized carbons (Fsp3) is 0.238. The van der Waals surface area contributed by atoms with Crippen LogP contribution in [0, 0.1) is 10.1 Å². The number of likely N-dealkylation sites (tertiary alicyclic amines) is 1. The zero-order valence-electron chi connectivity index (χ0n) is 16.7. The van der Waals surface area contributed by atoms with Crippen LogP contribution in [0.5, 0.6) is 11.5 Å². The molecule has 10 heteroatoms. The minimum absolute atomic E-state index is 0.179. The van der Waals surface area contributed by atoms with Gasteiger partial charge in [-0.25, -0.2) is 0 Å². The van der Waals surface area contributed by atoms with Crippen molar-refractivity contribution in [3.05, 3.63) is 68.2 Å². The second-order valence-electron chi connectivity index (χ2n) is 6.85. The van der Waals surface area contributed by atoms with Crippen LogP contribution in [0.15, 0.2) is 42.0 Å². The van der Waals surface area contributed by atoms with Crippen molar-refractivity contribution < 1.29 is 29.5 Å². The molecule has 162 valence electrons. The molecule has 31 heavy (non-hydrogen) atoms. The molecule has 0 aromatic heterocycles. The molecule has 1 aliphatic rings. The van der Waals surface area contributed by atoms with Gasteiger partial charge in [0, 0.05) is 18.2 Å². The molecule has 1 saturated heterocycles. The summed E-state index contributed by atoms with van der Waals surface area (Å²) < 4.78 is 5.08. The third-order valence-corrected chi connectivity index (χ3v) is 5.24. The molecule has 2 N–H and O–H groups in total. The highest BCUT2D eigenvalue weighted by molar-refractivity contribution is 6.46. The number of nitrogens with zero attached hydrogens (tertiary/aromatic N) is 2. The number of phenols is 1. The van der Waals surface area contributed by atoms with Gasteiger partial charge in [-0.3, -0.25) is 19.7 Å². The number of amides is 1. The number of phenolic OH excluding ortho intramolecular Hbond substituents is 1. The second kappa shape index (κ2) is 8.65. The molecule has 9 nitrogen and oxygen atoms in total. The van der Waals surface area contributed by atoms with Gasteiger partial charge in [-0.1, -0.05) is 24.6 Å². The number of ketones is 1. The maximum absolute atomic E-state index is 12.8. The molecule has 1 aliphatic heterocycles. The quantitative estimate of drug-likeness (QED) is 0.227. The normalized spacial score (nSPS) is 17.8. The first-order valence-electron chi connectivity index (χ1n) is 9.30. The van der Waals surface area contributed by atoms with Gasteiger partial charge in [-0.15, -0.1) is 0 Å². The average Bonchev–Trinajstić information content (AvgIpc) is 2.98. The molecule has 2 aromatic rings. The lowest BCUT2D eigenvalue weighted by Crippen LogP contribution is -2.30. The van der Waals surface area contributed by atoms with Crippen LogP contribution in [-0.2, 0) is 9.59 Å². The summed E-state index contributed by atoms with van der Waals surface area (Å²) in [6.07, 6.45) is 0.512. The Bertz CT molecular complexity index is 1110. The predicted molar refractivity (Wildman–Crippen MR) is 112 cm³/mol. The van der Waals surface area contributed by atoms with Crippen molar-refractivity contribution in [2.75, 3.05) is 13.7 Å². The molecule has 0 spiro atoms. The van der Waals surface area contributed by atoms with E-state index in [0.29, 0.717) is 12.2 Å². The Morgan fingerprint density at radius 2 is 1.97 bits per heavy atom. The molecular weight excluding hydrogens is 428 g/mol. The summed E-state index contributed by atoms with van der Waals surface area (Å²) in [6, 6.07) is 6.87. The maximum atomic E-state index is 12.8. The summed E-state index contributed by atoms with van der Waals surface area (Å²) in [4.78, 5) is 37.3. The van der Waals surface area contributed by atoms with Gasteiger partial charge in [0.15, 0.2) is 5.75 Å². The van der Waals surface area contributed by atoms with Crippen LogP contribution in [0.25, 0.3) is 5.76 Å². The van der Waals surface area contributed by atoms with Crippen molar-refractivity contribution in [3.63, 3.8) is 0 Å². The Morgan fingerprint density at radius 3 is 2.55 bits per heavy atom. The fourth-order valence-electron chi connectivity index (χ4n) is 3.52. The summed E-state index contributed by atoms with van der Waals surface area (Å²) in [5, 5.41) is 32.2. The molecule has 0 aliphatic carbocycles. The van der Waals surface area contributed by atoms with Crippen LogP contribution in [-0.4, -0.2) is 45.4 Å². The molecule has 0 bridgehead atoms. The summed E-state index contributed by atoms with van der Waals surface area (Å²) in [5.74, 6) is -2.41. The van der Waals surface area contributed by atoms with Gasteiger partial charge in [0.05, 0.1) is 28.7 Å². The number of methoxy groups -OCH3 is 1. The highest BCUT2D eigenvalue weighted by Crippen LogP contribution is 2.42. The topological polar surface area (TPSA) is 130 Å². The van der Waals surface area contributed by atoms with Gasteiger partial charge in [-0.2, -0.15) is 0 Å². The Hall–Kier alpha value is -3.59. The van der Waals surface area contributed by atoms with Crippen molar-refractivity contribution in [2.24, 2.45) is 0 Å². The number of ether oxygens (including phenoxy) is 1. The monoisotopic (exact) mass is 446 g/mol. The van der Waals surface area contributed by atoms with E-state index in [4.69, 9.17) is 16.3 Å². The number of halogens is 1. The zero-order chi connectivity index (χ0) is 22.9. The van der Waals surface area contributed by atoms with Crippen molar-refractivity contribution in [1.29, 1.82) is 0 Å². The number of rotatable bonds is 6. The van der Waals surface area contributed by atoms with E-state index >= 15 is 0 Å². The van der Waals surface area contributed by atoms with Gasteiger partial charge in [0.1, 0.15) is 11.5 Å². The standard InChI is InChI=1S/C21H19ClN2O7/c1-3-8-23-18(11-4-6-15(25)14(10-11)24(29)30)17(20(27)21(23)28)19(26)12-5-7-16(31-2)13(22)9-12/h4-7,9-10,18,25-26H,3,8H2,1-2H3/b19-17-. The predicted octanol–water partition coefficient (Wildman–Crippen LogP) is 3.79. The largest absolute Gasteiger partial charge is 0.507 e. The Labute approximate surface area is 182 Å². The zero-order valence-corrected chi connectivity index (χ0v) is 17.4. The van der Waals surface area contributed by atoms with E-state index in [1.807, 2.05) is 0 Å². The van der Waals surface area contributed by atoms with Crippen molar-refractivity contribution in [3.8, 4) is 11.5 Å². The Balaban J connectivity index is 2.23. The second-order valence-corrected chi connectivity index (χ2v) is 7.25. The van der Waals surface area contributed by atoms with Crippen LogP contribution in [0.1, 0.15) is 30.5 Å². The number of carbonyl (C=O) groups excluding carboxylic acids is 2. The molecular formula is C21H19ClN2O7. The van der Waals surface area contributed by atoms with Crippen molar-refractivity contribution in [2.45, 2.75) is 19.4 Å². The third kappa shape index (κ3) is 3.91. The highest BCUT2D eigenvalue weighted by atomic mass is 35.5. The average molecular weight is 447 g/mol. The van der Waals surface area contributed by atoms with Crippen LogP contribution < -0.4 is 4.74 Å². The molecule has 2 aromatic carbocycles. The van der Waals surface area contributed by atoms with Crippen LogP contribution >= 0.6 is 11.6 Å². The molecule has 0 saturated carbocycles. The molecule has 1 atom stereocenters. The minimum Gasteiger partial charge on any atom is -0.507 e. The molecule has 1 unspecified atom stereocenters. The van der Waals surface area contributed by atoms with Gasteiger partial charge in [0.25, 0.3) is 11.7 Å². The first-order valence-corrected chi connectivity index (χ1v) is 9.68. The lowest BCUT2D eigenvalue weighted by molar-refractivity contribution is -0.385. The number of carbonyl (C=O) groups is 2. The Kier molecular flexibility index (Phi) is 6.16. The van der Waals surface area contributed by atoms with E-state index in [9.17, 15) is 29.9 Å². The number of hydrogen-bond acceptors (Lipinski definition) is 7. The lowest BCUT2D eigenvalue weighted by atomic mass is 9.94. The molecule has 1 heterocycles. The summed E-state index contributed by atoms with van der Waals surface area (Å²) >= 11 is 6.13. The SMILES string of the molecule is CCCN1C(=O)C(=O)/C(=C(\O)c2ccc(OC)c(Cl)c2)C1c1ccc(O)c([N+](=O)[O-])c1. The number of aliphatic hydroxyl groups excluding tert-OH is 1. The molecule has 1 fully saturated rings. The summed E-state index contributed by atoms with van der Waals surface area (Å²) in [6.45, 7) is 1.99. The summed E-state index contributed by atoms with van der Waals surface area (Å²) in [5.41, 5.74) is -0.413. The van der Waals surface area contributed by atoms with Gasteiger partial charge in [-0.05, 0) is 36.2 Å². The molecule has 1 amide bonds. The highest BCUT2D eigenvalue weighted by Gasteiger charge is 2.46. The Morgan fingerprint density at radius 1 is 1.26 bits per heavy atom. The number of nitro groups is 1. The smallest absolute Gasteiger partial charge is 0.311 e. The minimum atomic E-state index is -1.07. The number of nitro benzene ring substituents is 1. The lowest BCUT2D eigenvalue weighted by Gasteiger charge is -2.24. The van der Waals surface area contributed by atoms with E-state index in [-0.39, 0.29) is 28.3 Å². The van der Waals surface area contributed by atoms with E-state index in [1.165, 1.54) is 36.3 Å². The summed E-state index contributed by atoms with van der Waals surface area (Å²) in [7, 11) is 1.43. The van der Waals surface area contributed by atoms with E-state index < -0.39 is 39.9 Å². The van der Waals surface area contributed by atoms with Crippen molar-refractivity contribution in [1.82, 2.24) is 4.90 Å². The van der Waals surface area contributed by atoms with Gasteiger partial charge >= 0.3 is 5.69 Å². The van der Waals surface area contributed by atoms with E-state index in [1.54, 1.807) is 6.92 Å². The van der Waals surface area contributed by atoms with Crippen LogP contribution in [0.4, 0.5) is 5.69 Å². The number of aromatic hydroxyl groups is 1. The number of aliphatic hydroxyl groups is 1. The van der Waals surface area contributed by atoms with E-state index in [2.05, 4.69) is 0 Å². The first-order chi connectivity index (χ1) is 14.7. The van der Waals surface area contributed by atoms with Gasteiger partial charge < -0.3 is 19.8 Å². The molecule has 0 radical (unpaired) electrons. The third-order valence-electron chi connectivity index (χ3n) is 4.94. The fourth-order valence-corrected chi connectivity index (χ4v) is 3.78. The van der Waals surface area contributed by atoms with Crippen molar-refractivity contribution >= 4 is 34.7 Å². The number of Topliss-reactive ketones (excluding diaryl/α,β-unsaturated/α-hetero) is 1. The maximum Gasteiger partial charge on any atom is 0.311 e.